The Bertz CT molecular complexity index is 372. The molecule has 0 aliphatic carbocycles. The third-order valence-corrected chi connectivity index (χ3v) is 2.72. The smallest absolute Gasteiger partial charge is 0.254 e. The number of amides is 1. The van der Waals surface area contributed by atoms with Gasteiger partial charge in [-0.05, 0) is 11.6 Å². The molecule has 0 unspecified atom stereocenters. The summed E-state index contributed by atoms with van der Waals surface area (Å²) in [6.07, 6.45) is 0. The number of nitrogens with zero attached hydrogens (tertiary/aromatic N) is 1. The van der Waals surface area contributed by atoms with Crippen molar-refractivity contribution in [2.45, 2.75) is 6.61 Å². The van der Waals surface area contributed by atoms with Gasteiger partial charge in [0, 0.05) is 18.7 Å². The molecule has 1 aromatic rings. The van der Waals surface area contributed by atoms with E-state index in [1.807, 2.05) is 12.1 Å². The predicted octanol–water partition coefficient (Wildman–Crippen LogP) is 0.651. The van der Waals surface area contributed by atoms with E-state index in [0.717, 1.165) is 0 Å². The van der Waals surface area contributed by atoms with E-state index < -0.39 is 0 Å². The fourth-order valence-electron chi connectivity index (χ4n) is 1.80. The van der Waals surface area contributed by atoms with Crippen LogP contribution in [0.2, 0.25) is 0 Å². The number of rotatable bonds is 2. The summed E-state index contributed by atoms with van der Waals surface area (Å²) in [5.74, 6) is -0.0204. The average molecular weight is 221 g/mol. The molecule has 1 N–H and O–H groups in total. The monoisotopic (exact) mass is 221 g/mol. The average Bonchev–Trinajstić information content (AvgIpc) is 2.39. The van der Waals surface area contributed by atoms with Crippen LogP contribution < -0.4 is 0 Å². The number of hydrogen-bond acceptors (Lipinski definition) is 3. The number of aliphatic hydroxyl groups excluding tert-OH is 1. The highest BCUT2D eigenvalue weighted by molar-refractivity contribution is 5.95. The molecule has 1 aliphatic heterocycles. The number of ether oxygens (including phenoxy) is 1. The Morgan fingerprint density at radius 3 is 2.69 bits per heavy atom. The van der Waals surface area contributed by atoms with E-state index in [-0.39, 0.29) is 12.5 Å². The molecule has 1 aliphatic rings. The number of morpholine rings is 1. The van der Waals surface area contributed by atoms with Crippen molar-refractivity contribution >= 4 is 5.91 Å². The maximum absolute atomic E-state index is 12.1. The molecule has 4 nitrogen and oxygen atoms in total. The second-order valence-corrected chi connectivity index (χ2v) is 3.72. The number of carbonyl (C=O) groups is 1. The molecule has 1 aromatic carbocycles. The summed E-state index contributed by atoms with van der Waals surface area (Å²) < 4.78 is 5.20. The molecule has 1 fully saturated rings. The predicted molar refractivity (Wildman–Crippen MR) is 59.1 cm³/mol. The van der Waals surface area contributed by atoms with E-state index in [4.69, 9.17) is 4.74 Å². The highest BCUT2D eigenvalue weighted by atomic mass is 16.5. The molecule has 16 heavy (non-hydrogen) atoms. The zero-order valence-electron chi connectivity index (χ0n) is 9.06. The highest BCUT2D eigenvalue weighted by Gasteiger charge is 2.20. The van der Waals surface area contributed by atoms with Gasteiger partial charge < -0.3 is 14.7 Å². The molecule has 0 radical (unpaired) electrons. The maximum atomic E-state index is 12.1. The normalized spacial score (nSPS) is 16.2. The van der Waals surface area contributed by atoms with E-state index in [1.54, 1.807) is 17.0 Å². The van der Waals surface area contributed by atoms with Gasteiger partial charge in [0.15, 0.2) is 0 Å². The summed E-state index contributed by atoms with van der Waals surface area (Å²) in [6, 6.07) is 7.16. The standard InChI is InChI=1S/C12H15NO3/c14-9-10-3-1-2-4-11(10)12(15)13-5-7-16-8-6-13/h1-4,14H,5-9H2. The molecular formula is C12H15NO3. The lowest BCUT2D eigenvalue weighted by molar-refractivity contribution is 0.0301. The summed E-state index contributed by atoms with van der Waals surface area (Å²) in [5.41, 5.74) is 1.27. The van der Waals surface area contributed by atoms with Gasteiger partial charge >= 0.3 is 0 Å². The van der Waals surface area contributed by atoms with Gasteiger partial charge in [0.2, 0.25) is 0 Å². The quantitative estimate of drug-likeness (QED) is 0.797. The van der Waals surface area contributed by atoms with E-state index >= 15 is 0 Å². The van der Waals surface area contributed by atoms with Gasteiger partial charge in [-0.15, -0.1) is 0 Å². The third kappa shape index (κ3) is 2.23. The summed E-state index contributed by atoms with van der Waals surface area (Å²) in [7, 11) is 0. The Morgan fingerprint density at radius 1 is 1.31 bits per heavy atom. The van der Waals surface area contributed by atoms with E-state index in [2.05, 4.69) is 0 Å². The fraction of sp³-hybridized carbons (Fsp3) is 0.417. The lowest BCUT2D eigenvalue weighted by atomic mass is 10.1. The fourth-order valence-corrected chi connectivity index (χ4v) is 1.80. The molecule has 0 bridgehead atoms. The van der Waals surface area contributed by atoms with Crippen LogP contribution in [0.25, 0.3) is 0 Å². The Hall–Kier alpha value is -1.39. The van der Waals surface area contributed by atoms with Gasteiger partial charge in [-0.3, -0.25) is 4.79 Å². The Balaban J connectivity index is 2.19. The van der Waals surface area contributed by atoms with Crippen LogP contribution in [0.4, 0.5) is 0 Å². The molecule has 1 heterocycles. The van der Waals surface area contributed by atoms with Crippen LogP contribution in [-0.2, 0) is 11.3 Å². The van der Waals surface area contributed by atoms with Gasteiger partial charge in [0.1, 0.15) is 0 Å². The van der Waals surface area contributed by atoms with Crippen LogP contribution in [0.5, 0.6) is 0 Å². The second-order valence-electron chi connectivity index (χ2n) is 3.72. The van der Waals surface area contributed by atoms with Gasteiger partial charge in [-0.1, -0.05) is 18.2 Å². The van der Waals surface area contributed by atoms with E-state index in [9.17, 15) is 9.90 Å². The van der Waals surface area contributed by atoms with Crippen molar-refractivity contribution in [3.05, 3.63) is 35.4 Å². The van der Waals surface area contributed by atoms with Crippen molar-refractivity contribution in [1.29, 1.82) is 0 Å². The van der Waals surface area contributed by atoms with Crippen molar-refractivity contribution in [1.82, 2.24) is 4.90 Å². The SMILES string of the molecule is O=C(c1ccccc1CO)N1CCOCC1. The third-order valence-electron chi connectivity index (χ3n) is 2.72. The van der Waals surface area contributed by atoms with Crippen LogP contribution in [0.15, 0.2) is 24.3 Å². The number of benzene rings is 1. The topological polar surface area (TPSA) is 49.8 Å². The Kier molecular flexibility index (Phi) is 3.54. The minimum atomic E-state index is -0.105. The maximum Gasteiger partial charge on any atom is 0.254 e. The first-order valence-electron chi connectivity index (χ1n) is 5.38. The van der Waals surface area contributed by atoms with Gasteiger partial charge in [0.05, 0.1) is 19.8 Å². The first kappa shape index (κ1) is 11.1. The molecule has 0 atom stereocenters. The molecule has 4 heteroatoms. The molecule has 1 amide bonds. The van der Waals surface area contributed by atoms with Gasteiger partial charge in [-0.25, -0.2) is 0 Å². The second kappa shape index (κ2) is 5.09. The lowest BCUT2D eigenvalue weighted by Crippen LogP contribution is -2.41. The van der Waals surface area contributed by atoms with Crippen LogP contribution in [0.3, 0.4) is 0 Å². The van der Waals surface area contributed by atoms with E-state index in [1.165, 1.54) is 0 Å². The molecular weight excluding hydrogens is 206 g/mol. The van der Waals surface area contributed by atoms with Gasteiger partial charge in [-0.2, -0.15) is 0 Å². The molecule has 86 valence electrons. The first-order chi connectivity index (χ1) is 7.83. The largest absolute Gasteiger partial charge is 0.392 e. The minimum Gasteiger partial charge on any atom is -0.392 e. The molecule has 0 saturated carbocycles. The zero-order chi connectivity index (χ0) is 11.4. The molecule has 1 saturated heterocycles. The van der Waals surface area contributed by atoms with Crippen molar-refractivity contribution in [2.75, 3.05) is 26.3 Å². The van der Waals surface area contributed by atoms with Crippen molar-refractivity contribution in [3.8, 4) is 0 Å². The van der Waals surface area contributed by atoms with E-state index in [0.29, 0.717) is 37.4 Å². The molecule has 0 spiro atoms. The van der Waals surface area contributed by atoms with Crippen molar-refractivity contribution < 1.29 is 14.6 Å². The lowest BCUT2D eigenvalue weighted by Gasteiger charge is -2.27. The van der Waals surface area contributed by atoms with Crippen molar-refractivity contribution in [2.24, 2.45) is 0 Å². The number of aliphatic hydroxyl groups is 1. The van der Waals surface area contributed by atoms with Crippen LogP contribution in [-0.4, -0.2) is 42.2 Å². The summed E-state index contributed by atoms with van der Waals surface area (Å²) in [6.45, 7) is 2.32. The van der Waals surface area contributed by atoms with Crippen molar-refractivity contribution in [3.63, 3.8) is 0 Å². The number of carbonyl (C=O) groups excluding carboxylic acids is 1. The van der Waals surface area contributed by atoms with Crippen LogP contribution in [0, 0.1) is 0 Å². The van der Waals surface area contributed by atoms with Crippen LogP contribution in [0.1, 0.15) is 15.9 Å². The molecule has 2 rings (SSSR count). The Labute approximate surface area is 94.4 Å². The Morgan fingerprint density at radius 2 is 2.00 bits per heavy atom. The first-order valence-corrected chi connectivity index (χ1v) is 5.38. The van der Waals surface area contributed by atoms with Gasteiger partial charge in [0.25, 0.3) is 5.91 Å². The summed E-state index contributed by atoms with van der Waals surface area (Å²) >= 11 is 0. The minimum absolute atomic E-state index is 0.0204. The molecule has 0 aromatic heterocycles. The summed E-state index contributed by atoms with van der Waals surface area (Å²) in [4.78, 5) is 13.9. The summed E-state index contributed by atoms with van der Waals surface area (Å²) in [5, 5.41) is 9.17. The van der Waals surface area contributed by atoms with Crippen LogP contribution >= 0.6 is 0 Å². The number of hydrogen-bond donors (Lipinski definition) is 1. The zero-order valence-corrected chi connectivity index (χ0v) is 9.06. The highest BCUT2D eigenvalue weighted by Crippen LogP contribution is 2.12.